The smallest absolute Gasteiger partial charge is 0.253 e. The van der Waals surface area contributed by atoms with Gasteiger partial charge in [0.1, 0.15) is 9.84 Å². The number of pyridine rings is 1. The molecule has 1 saturated heterocycles. The minimum absolute atomic E-state index is 0.0541. The van der Waals surface area contributed by atoms with Crippen molar-refractivity contribution in [3.8, 4) is 0 Å². The number of hydrogen-bond acceptors (Lipinski definition) is 4. The fourth-order valence-corrected chi connectivity index (χ4v) is 3.47. The summed E-state index contributed by atoms with van der Waals surface area (Å²) < 4.78 is 22.5. The highest BCUT2D eigenvalue weighted by Crippen LogP contribution is 2.13. The molecular weight excluding hydrogens is 252 g/mol. The third-order valence-electron chi connectivity index (χ3n) is 3.03. The molecule has 0 radical (unpaired) electrons. The standard InChI is InChI=1S/C12H16N2O3S/c1-9-6-10(8-13-7-9)12(15)14-11-2-4-18(16,17)5-3-11/h6-8,11H,2-5H2,1H3,(H,14,15). The van der Waals surface area contributed by atoms with Crippen LogP contribution in [0.25, 0.3) is 0 Å². The highest BCUT2D eigenvalue weighted by molar-refractivity contribution is 7.91. The van der Waals surface area contributed by atoms with Crippen LogP contribution in [0.4, 0.5) is 0 Å². The summed E-state index contributed by atoms with van der Waals surface area (Å²) in [6.07, 6.45) is 4.19. The number of hydrogen-bond donors (Lipinski definition) is 1. The molecule has 18 heavy (non-hydrogen) atoms. The molecule has 1 aromatic rings. The van der Waals surface area contributed by atoms with Gasteiger partial charge >= 0.3 is 0 Å². The van der Waals surface area contributed by atoms with E-state index in [-0.39, 0.29) is 23.5 Å². The van der Waals surface area contributed by atoms with E-state index in [1.54, 1.807) is 12.3 Å². The van der Waals surface area contributed by atoms with Crippen LogP contribution in [0.15, 0.2) is 18.5 Å². The molecule has 98 valence electrons. The Kier molecular flexibility index (Phi) is 3.65. The van der Waals surface area contributed by atoms with Crippen LogP contribution in [-0.2, 0) is 9.84 Å². The maximum atomic E-state index is 11.9. The predicted molar refractivity (Wildman–Crippen MR) is 68.1 cm³/mol. The van der Waals surface area contributed by atoms with Gasteiger partial charge in [-0.2, -0.15) is 0 Å². The maximum absolute atomic E-state index is 11.9. The van der Waals surface area contributed by atoms with Crippen molar-refractivity contribution < 1.29 is 13.2 Å². The first-order valence-corrected chi connectivity index (χ1v) is 7.71. The van der Waals surface area contributed by atoms with E-state index < -0.39 is 9.84 Å². The summed E-state index contributed by atoms with van der Waals surface area (Å²) >= 11 is 0. The number of amides is 1. The minimum Gasteiger partial charge on any atom is -0.349 e. The van der Waals surface area contributed by atoms with Gasteiger partial charge < -0.3 is 5.32 Å². The van der Waals surface area contributed by atoms with Gasteiger partial charge in [-0.15, -0.1) is 0 Å². The second-order valence-electron chi connectivity index (χ2n) is 4.65. The number of rotatable bonds is 2. The lowest BCUT2D eigenvalue weighted by atomic mass is 10.1. The van der Waals surface area contributed by atoms with Crippen LogP contribution in [0.1, 0.15) is 28.8 Å². The summed E-state index contributed by atoms with van der Waals surface area (Å²) in [5.41, 5.74) is 1.44. The van der Waals surface area contributed by atoms with Crippen LogP contribution in [0, 0.1) is 6.92 Å². The fourth-order valence-electron chi connectivity index (χ4n) is 1.98. The molecule has 1 fully saturated rings. The summed E-state index contributed by atoms with van der Waals surface area (Å²) in [4.78, 5) is 15.9. The molecule has 1 aliphatic rings. The number of sulfone groups is 1. The van der Waals surface area contributed by atoms with E-state index in [0.717, 1.165) is 5.56 Å². The lowest BCUT2D eigenvalue weighted by molar-refractivity contribution is 0.0934. The molecule has 0 saturated carbocycles. The largest absolute Gasteiger partial charge is 0.349 e. The SMILES string of the molecule is Cc1cncc(C(=O)NC2CCS(=O)(=O)CC2)c1. The van der Waals surface area contributed by atoms with E-state index in [9.17, 15) is 13.2 Å². The average Bonchev–Trinajstić information content (AvgIpc) is 2.32. The molecule has 1 aliphatic heterocycles. The predicted octanol–water partition coefficient (Wildman–Crippen LogP) is 0.697. The molecule has 0 unspecified atom stereocenters. The summed E-state index contributed by atoms with van der Waals surface area (Å²) in [5, 5.41) is 2.86. The number of nitrogens with zero attached hydrogens (tertiary/aromatic N) is 1. The fraction of sp³-hybridized carbons (Fsp3) is 0.500. The molecule has 0 bridgehead atoms. The van der Waals surface area contributed by atoms with Gasteiger partial charge in [0.05, 0.1) is 17.1 Å². The van der Waals surface area contributed by atoms with Crippen molar-refractivity contribution in [2.24, 2.45) is 0 Å². The zero-order valence-corrected chi connectivity index (χ0v) is 11.0. The summed E-state index contributed by atoms with van der Waals surface area (Å²) in [7, 11) is -2.89. The van der Waals surface area contributed by atoms with E-state index in [2.05, 4.69) is 10.3 Å². The first-order valence-electron chi connectivity index (χ1n) is 5.89. The first kappa shape index (κ1) is 13.0. The van der Waals surface area contributed by atoms with Crippen molar-refractivity contribution in [3.05, 3.63) is 29.6 Å². The highest BCUT2D eigenvalue weighted by atomic mass is 32.2. The Morgan fingerprint density at radius 1 is 1.33 bits per heavy atom. The molecule has 1 N–H and O–H groups in total. The third-order valence-corrected chi connectivity index (χ3v) is 4.74. The quantitative estimate of drug-likeness (QED) is 0.856. The molecule has 6 heteroatoms. The van der Waals surface area contributed by atoms with Crippen molar-refractivity contribution in [1.29, 1.82) is 0 Å². The second-order valence-corrected chi connectivity index (χ2v) is 6.95. The molecule has 2 rings (SSSR count). The lowest BCUT2D eigenvalue weighted by Crippen LogP contribution is -2.40. The summed E-state index contributed by atoms with van der Waals surface area (Å²) in [5.74, 6) is 0.129. The summed E-state index contributed by atoms with van der Waals surface area (Å²) in [6.45, 7) is 1.87. The monoisotopic (exact) mass is 268 g/mol. The maximum Gasteiger partial charge on any atom is 0.253 e. The van der Waals surface area contributed by atoms with Crippen molar-refractivity contribution >= 4 is 15.7 Å². The van der Waals surface area contributed by atoms with Gasteiger partial charge in [0.25, 0.3) is 5.91 Å². The van der Waals surface area contributed by atoms with Crippen molar-refractivity contribution in [3.63, 3.8) is 0 Å². The normalized spacial score (nSPS) is 19.4. The van der Waals surface area contributed by atoms with Gasteiger partial charge in [-0.1, -0.05) is 0 Å². The van der Waals surface area contributed by atoms with Gasteiger partial charge in [0.2, 0.25) is 0 Å². The topological polar surface area (TPSA) is 76.1 Å². The van der Waals surface area contributed by atoms with Crippen LogP contribution in [0.2, 0.25) is 0 Å². The highest BCUT2D eigenvalue weighted by Gasteiger charge is 2.24. The zero-order valence-electron chi connectivity index (χ0n) is 10.2. The molecule has 1 amide bonds. The van der Waals surface area contributed by atoms with Crippen LogP contribution < -0.4 is 5.32 Å². The Bertz CT molecular complexity index is 540. The van der Waals surface area contributed by atoms with Crippen molar-refractivity contribution in [2.75, 3.05) is 11.5 Å². The van der Waals surface area contributed by atoms with Crippen LogP contribution >= 0.6 is 0 Å². The van der Waals surface area contributed by atoms with Gasteiger partial charge in [-0.3, -0.25) is 9.78 Å². The van der Waals surface area contributed by atoms with Gasteiger partial charge in [-0.25, -0.2) is 8.42 Å². The number of aryl methyl sites for hydroxylation is 1. The minimum atomic E-state index is -2.89. The number of nitrogens with one attached hydrogen (secondary N) is 1. The van der Waals surface area contributed by atoms with E-state index in [4.69, 9.17) is 0 Å². The van der Waals surface area contributed by atoms with Crippen molar-refractivity contribution in [1.82, 2.24) is 10.3 Å². The molecule has 1 aromatic heterocycles. The Morgan fingerprint density at radius 3 is 2.61 bits per heavy atom. The van der Waals surface area contributed by atoms with Crippen LogP contribution in [-0.4, -0.2) is 36.9 Å². The molecular formula is C12H16N2O3S. The molecule has 5 nitrogen and oxygen atoms in total. The molecule has 2 heterocycles. The summed E-state index contributed by atoms with van der Waals surface area (Å²) in [6, 6.07) is 1.71. The van der Waals surface area contributed by atoms with E-state index in [0.29, 0.717) is 18.4 Å². The van der Waals surface area contributed by atoms with Gasteiger partial charge in [0.15, 0.2) is 0 Å². The Hall–Kier alpha value is -1.43. The zero-order chi connectivity index (χ0) is 13.2. The van der Waals surface area contributed by atoms with Crippen molar-refractivity contribution in [2.45, 2.75) is 25.8 Å². The van der Waals surface area contributed by atoms with Gasteiger partial charge in [0, 0.05) is 18.4 Å². The van der Waals surface area contributed by atoms with Crippen LogP contribution in [0.3, 0.4) is 0 Å². The third kappa shape index (κ3) is 3.29. The van der Waals surface area contributed by atoms with Crippen LogP contribution in [0.5, 0.6) is 0 Å². The Balaban J connectivity index is 1.97. The Morgan fingerprint density at radius 2 is 2.00 bits per heavy atom. The number of carbonyl (C=O) groups excluding carboxylic acids is 1. The average molecular weight is 268 g/mol. The van der Waals surface area contributed by atoms with E-state index in [1.807, 2.05) is 6.92 Å². The second kappa shape index (κ2) is 5.06. The molecule has 0 aromatic carbocycles. The van der Waals surface area contributed by atoms with E-state index >= 15 is 0 Å². The first-order chi connectivity index (χ1) is 8.46. The number of aromatic nitrogens is 1. The lowest BCUT2D eigenvalue weighted by Gasteiger charge is -2.22. The van der Waals surface area contributed by atoms with E-state index in [1.165, 1.54) is 6.20 Å². The molecule has 0 aliphatic carbocycles. The Labute approximate surface area is 107 Å². The molecule has 0 spiro atoms. The number of carbonyl (C=O) groups is 1. The van der Waals surface area contributed by atoms with Gasteiger partial charge in [-0.05, 0) is 31.4 Å². The molecule has 0 atom stereocenters.